The zero-order chi connectivity index (χ0) is 19.4. The average Bonchev–Trinajstić information content (AvgIpc) is 3.17. The number of aromatic nitrogens is 3. The van der Waals surface area contributed by atoms with Crippen LogP contribution in [0, 0.1) is 0 Å². The van der Waals surface area contributed by atoms with E-state index in [0.29, 0.717) is 11.1 Å². The number of aliphatic hydroxyl groups is 1. The highest BCUT2D eigenvalue weighted by Gasteiger charge is 2.13. The molecule has 7 heteroatoms. The molecule has 0 aliphatic carbocycles. The lowest BCUT2D eigenvalue weighted by molar-refractivity contribution is 0.0916. The molecule has 7 nitrogen and oxygen atoms in total. The second-order valence-electron chi connectivity index (χ2n) is 6.52. The number of hydrogen-bond donors (Lipinski definition) is 3. The van der Waals surface area contributed by atoms with Crippen LogP contribution < -0.4 is 5.32 Å². The topological polar surface area (TPSA) is 100 Å². The molecule has 0 saturated heterocycles. The van der Waals surface area contributed by atoms with Crippen LogP contribution in [0.5, 0.6) is 5.75 Å². The first-order valence-electron chi connectivity index (χ1n) is 8.71. The number of phenolic OH excluding ortho intramolecular Hbond substituents is 1. The third kappa shape index (κ3) is 4.32. The lowest BCUT2D eigenvalue weighted by Gasteiger charge is -2.13. The smallest absolute Gasteiger partial charge is 0.251 e. The first kappa shape index (κ1) is 18.6. The quantitative estimate of drug-likeness (QED) is 0.623. The predicted octanol–water partition coefficient (Wildman–Crippen LogP) is 2.70. The SMILES string of the molecule is CC(C)n1ncnc1-c1ccc(C(=O)NC[C@@H](O)c2ccc(O)cc2)cc1. The molecule has 0 aliphatic rings. The fourth-order valence-electron chi connectivity index (χ4n) is 2.71. The Balaban J connectivity index is 1.63. The summed E-state index contributed by atoms with van der Waals surface area (Å²) < 4.78 is 1.82. The van der Waals surface area contributed by atoms with Crippen molar-refractivity contribution in [2.24, 2.45) is 0 Å². The van der Waals surface area contributed by atoms with E-state index in [2.05, 4.69) is 15.4 Å². The van der Waals surface area contributed by atoms with Crippen molar-refractivity contribution in [2.45, 2.75) is 26.0 Å². The molecule has 2 aromatic carbocycles. The van der Waals surface area contributed by atoms with Crippen molar-refractivity contribution in [3.63, 3.8) is 0 Å². The largest absolute Gasteiger partial charge is 0.508 e. The Bertz CT molecular complexity index is 902. The molecule has 1 amide bonds. The molecule has 1 atom stereocenters. The summed E-state index contributed by atoms with van der Waals surface area (Å²) >= 11 is 0. The molecule has 27 heavy (non-hydrogen) atoms. The third-order valence-electron chi connectivity index (χ3n) is 4.20. The third-order valence-corrected chi connectivity index (χ3v) is 4.20. The first-order chi connectivity index (χ1) is 13.0. The van der Waals surface area contributed by atoms with Crippen LogP contribution in [0.2, 0.25) is 0 Å². The maximum absolute atomic E-state index is 12.3. The molecular weight excluding hydrogens is 344 g/mol. The van der Waals surface area contributed by atoms with Crippen molar-refractivity contribution in [1.82, 2.24) is 20.1 Å². The fraction of sp³-hybridized carbons (Fsp3) is 0.250. The van der Waals surface area contributed by atoms with Crippen LogP contribution >= 0.6 is 0 Å². The van der Waals surface area contributed by atoms with Gasteiger partial charge in [-0.05, 0) is 43.7 Å². The van der Waals surface area contributed by atoms with E-state index in [9.17, 15) is 15.0 Å². The molecule has 0 bridgehead atoms. The van der Waals surface area contributed by atoms with Gasteiger partial charge in [0, 0.05) is 23.7 Å². The lowest BCUT2D eigenvalue weighted by atomic mass is 10.1. The number of hydrogen-bond acceptors (Lipinski definition) is 5. The molecule has 0 fully saturated rings. The van der Waals surface area contributed by atoms with Crippen molar-refractivity contribution in [3.8, 4) is 17.1 Å². The van der Waals surface area contributed by atoms with Gasteiger partial charge in [-0.15, -0.1) is 0 Å². The number of benzene rings is 2. The summed E-state index contributed by atoms with van der Waals surface area (Å²) in [7, 11) is 0. The minimum atomic E-state index is -0.849. The number of carbonyl (C=O) groups excluding carboxylic acids is 1. The predicted molar refractivity (Wildman–Crippen MR) is 101 cm³/mol. The van der Waals surface area contributed by atoms with Crippen LogP contribution in [0.1, 0.15) is 41.9 Å². The highest BCUT2D eigenvalue weighted by molar-refractivity contribution is 5.94. The monoisotopic (exact) mass is 366 g/mol. The number of amides is 1. The summed E-state index contributed by atoms with van der Waals surface area (Å²) in [6.45, 7) is 4.13. The Morgan fingerprint density at radius 2 is 1.78 bits per heavy atom. The normalized spacial score (nSPS) is 12.1. The zero-order valence-corrected chi connectivity index (χ0v) is 15.2. The molecule has 3 rings (SSSR count). The van der Waals surface area contributed by atoms with E-state index in [0.717, 1.165) is 11.4 Å². The van der Waals surface area contributed by atoms with Crippen LogP contribution in [-0.4, -0.2) is 37.4 Å². The lowest BCUT2D eigenvalue weighted by Crippen LogP contribution is -2.28. The van der Waals surface area contributed by atoms with Crippen LogP contribution in [0.15, 0.2) is 54.9 Å². The van der Waals surface area contributed by atoms with Gasteiger partial charge >= 0.3 is 0 Å². The van der Waals surface area contributed by atoms with Gasteiger partial charge in [0.2, 0.25) is 0 Å². The van der Waals surface area contributed by atoms with Crippen molar-refractivity contribution >= 4 is 5.91 Å². The van der Waals surface area contributed by atoms with Crippen molar-refractivity contribution < 1.29 is 15.0 Å². The molecule has 140 valence electrons. The van der Waals surface area contributed by atoms with E-state index >= 15 is 0 Å². The molecule has 3 N–H and O–H groups in total. The van der Waals surface area contributed by atoms with Gasteiger partial charge in [-0.25, -0.2) is 9.67 Å². The molecule has 0 saturated carbocycles. The van der Waals surface area contributed by atoms with Gasteiger partial charge < -0.3 is 15.5 Å². The van der Waals surface area contributed by atoms with E-state index in [1.807, 2.05) is 30.7 Å². The highest BCUT2D eigenvalue weighted by atomic mass is 16.3. The highest BCUT2D eigenvalue weighted by Crippen LogP contribution is 2.20. The van der Waals surface area contributed by atoms with Crippen molar-refractivity contribution in [2.75, 3.05) is 6.54 Å². The molecule has 0 spiro atoms. The summed E-state index contributed by atoms with van der Waals surface area (Å²) in [6, 6.07) is 13.5. The Labute approximate surface area is 157 Å². The Kier molecular flexibility index (Phi) is 5.52. The van der Waals surface area contributed by atoms with Crippen LogP contribution in [0.25, 0.3) is 11.4 Å². The van der Waals surface area contributed by atoms with Crippen LogP contribution in [-0.2, 0) is 0 Å². The van der Waals surface area contributed by atoms with Gasteiger partial charge in [-0.3, -0.25) is 4.79 Å². The number of carbonyl (C=O) groups is 1. The maximum atomic E-state index is 12.3. The van der Waals surface area contributed by atoms with Gasteiger partial charge in [0.1, 0.15) is 12.1 Å². The van der Waals surface area contributed by atoms with E-state index in [4.69, 9.17) is 0 Å². The summed E-state index contributed by atoms with van der Waals surface area (Å²) in [4.78, 5) is 16.6. The van der Waals surface area contributed by atoms with Crippen molar-refractivity contribution in [3.05, 3.63) is 66.0 Å². The Hall–Kier alpha value is -3.19. The van der Waals surface area contributed by atoms with E-state index in [-0.39, 0.29) is 24.2 Å². The number of phenols is 1. The Morgan fingerprint density at radius 1 is 1.11 bits per heavy atom. The average molecular weight is 366 g/mol. The molecule has 1 aromatic heterocycles. The molecule has 0 radical (unpaired) electrons. The van der Waals surface area contributed by atoms with Gasteiger partial charge in [-0.2, -0.15) is 5.10 Å². The van der Waals surface area contributed by atoms with E-state index in [1.54, 1.807) is 24.3 Å². The van der Waals surface area contributed by atoms with E-state index in [1.165, 1.54) is 18.5 Å². The molecule has 0 aliphatic heterocycles. The summed E-state index contributed by atoms with van der Waals surface area (Å²) in [5, 5.41) is 26.4. The standard InChI is InChI=1S/C20H22N4O3/c1-13(2)24-19(22-12-23-24)15-3-5-16(6-4-15)20(27)21-11-18(26)14-7-9-17(25)10-8-14/h3-10,12-13,18,25-26H,11H2,1-2H3,(H,21,27)/t18-/m1/s1. The zero-order valence-electron chi connectivity index (χ0n) is 15.2. The number of aromatic hydroxyl groups is 1. The molecule has 1 heterocycles. The van der Waals surface area contributed by atoms with Gasteiger partial charge in [-0.1, -0.05) is 24.3 Å². The van der Waals surface area contributed by atoms with Gasteiger partial charge in [0.25, 0.3) is 5.91 Å². The molecule has 0 unspecified atom stereocenters. The maximum Gasteiger partial charge on any atom is 0.251 e. The molecule has 3 aromatic rings. The number of nitrogens with one attached hydrogen (secondary N) is 1. The van der Waals surface area contributed by atoms with Gasteiger partial charge in [0.15, 0.2) is 5.82 Å². The van der Waals surface area contributed by atoms with Crippen molar-refractivity contribution in [1.29, 1.82) is 0 Å². The number of nitrogens with zero attached hydrogens (tertiary/aromatic N) is 3. The minimum Gasteiger partial charge on any atom is -0.508 e. The second-order valence-corrected chi connectivity index (χ2v) is 6.52. The van der Waals surface area contributed by atoms with Crippen LogP contribution in [0.3, 0.4) is 0 Å². The van der Waals surface area contributed by atoms with Gasteiger partial charge in [0.05, 0.1) is 6.10 Å². The number of aliphatic hydroxyl groups excluding tert-OH is 1. The van der Waals surface area contributed by atoms with E-state index < -0.39 is 6.10 Å². The minimum absolute atomic E-state index is 0.0764. The summed E-state index contributed by atoms with van der Waals surface area (Å²) in [6.07, 6.45) is 0.666. The van der Waals surface area contributed by atoms with Crippen LogP contribution in [0.4, 0.5) is 0 Å². The summed E-state index contributed by atoms with van der Waals surface area (Å²) in [5.74, 6) is 0.604. The second kappa shape index (κ2) is 8.01. The molecular formula is C20H22N4O3. The number of rotatable bonds is 6. The summed E-state index contributed by atoms with van der Waals surface area (Å²) in [5.41, 5.74) is 1.99. The first-order valence-corrected chi connectivity index (χ1v) is 8.71. The Morgan fingerprint density at radius 3 is 2.41 bits per heavy atom. The fourth-order valence-corrected chi connectivity index (χ4v) is 2.71.